The largest absolute Gasteiger partial charge is 0.394 e. The summed E-state index contributed by atoms with van der Waals surface area (Å²) in [4.78, 5) is 0. The molecule has 1 aliphatic carbocycles. The predicted molar refractivity (Wildman–Crippen MR) is 109 cm³/mol. The van der Waals surface area contributed by atoms with E-state index in [1.807, 2.05) is 20.8 Å². The first-order chi connectivity index (χ1) is 14.7. The van der Waals surface area contributed by atoms with Gasteiger partial charge in [0.1, 0.15) is 18.3 Å². The van der Waals surface area contributed by atoms with Crippen LogP contribution in [0.1, 0.15) is 40.0 Å². The monoisotopic (exact) mass is 449 g/mol. The molecule has 3 aliphatic rings. The molecule has 10 heteroatoms. The molecule has 0 spiro atoms. The maximum atomic E-state index is 11.1. The number of aliphatic hydroxyl groups excluding tert-OH is 5. The van der Waals surface area contributed by atoms with Gasteiger partial charge >= 0.3 is 0 Å². The fourth-order valence-electron chi connectivity index (χ4n) is 5.03. The molecule has 2 aliphatic heterocycles. The minimum atomic E-state index is -1.08. The molecule has 13 atom stereocenters. The molecule has 10 nitrogen and oxygen atoms in total. The number of aliphatic hydroxyl groups is 5. The summed E-state index contributed by atoms with van der Waals surface area (Å²) in [5.41, 5.74) is 5.70. The van der Waals surface area contributed by atoms with Crippen molar-refractivity contribution in [2.24, 2.45) is 23.5 Å². The molecule has 0 radical (unpaired) electrons. The van der Waals surface area contributed by atoms with Crippen LogP contribution >= 0.6 is 0 Å². The molecule has 2 heterocycles. The molecule has 0 amide bonds. The van der Waals surface area contributed by atoms with E-state index in [1.165, 1.54) is 0 Å². The average Bonchev–Trinajstić information content (AvgIpc) is 2.71. The summed E-state index contributed by atoms with van der Waals surface area (Å²) >= 11 is 0. The topological polar surface area (TPSA) is 164 Å². The molecule has 1 saturated carbocycles. The highest BCUT2D eigenvalue weighted by Crippen LogP contribution is 2.38. The van der Waals surface area contributed by atoms with Gasteiger partial charge in [-0.25, -0.2) is 0 Å². The van der Waals surface area contributed by atoms with Crippen LogP contribution in [0.4, 0.5) is 0 Å². The molecule has 31 heavy (non-hydrogen) atoms. The van der Waals surface area contributed by atoms with Gasteiger partial charge in [0.05, 0.1) is 37.1 Å². The van der Waals surface area contributed by atoms with Crippen LogP contribution in [0, 0.1) is 17.8 Å². The molecule has 13 unspecified atom stereocenters. The maximum absolute atomic E-state index is 11.1. The lowest BCUT2D eigenvalue weighted by molar-refractivity contribution is -0.322. The van der Waals surface area contributed by atoms with Crippen LogP contribution in [0.15, 0.2) is 0 Å². The van der Waals surface area contributed by atoms with Crippen molar-refractivity contribution in [3.05, 3.63) is 0 Å². The second kappa shape index (κ2) is 10.7. The standard InChI is InChI=1S/C21H39NO9/c1-9-4-10(2)19(31-21-14(26)6-13(25)16(8-23)29-21)17(27)18(9)30-20-11(3)5-12(24)15(7-22)28-20/h9-21,23-27H,4-8,22H2,1-3H3. The third kappa shape index (κ3) is 5.57. The van der Waals surface area contributed by atoms with Gasteiger partial charge in [-0.1, -0.05) is 20.8 Å². The number of hydrogen-bond acceptors (Lipinski definition) is 10. The van der Waals surface area contributed by atoms with Gasteiger partial charge in [-0.2, -0.15) is 0 Å². The van der Waals surface area contributed by atoms with Crippen molar-refractivity contribution in [2.45, 2.75) is 101 Å². The van der Waals surface area contributed by atoms with Crippen LogP contribution in [-0.2, 0) is 18.9 Å². The summed E-state index contributed by atoms with van der Waals surface area (Å²) in [5.74, 6) is -0.0948. The summed E-state index contributed by atoms with van der Waals surface area (Å²) in [5, 5.41) is 50.8. The molecule has 3 rings (SSSR count). The first-order valence-electron chi connectivity index (χ1n) is 11.3. The molecule has 2 saturated heterocycles. The van der Waals surface area contributed by atoms with Crippen LogP contribution < -0.4 is 5.73 Å². The maximum Gasteiger partial charge on any atom is 0.184 e. The van der Waals surface area contributed by atoms with Crippen molar-refractivity contribution >= 4 is 0 Å². The highest BCUT2D eigenvalue weighted by Gasteiger charge is 2.48. The van der Waals surface area contributed by atoms with E-state index in [2.05, 4.69) is 0 Å². The first-order valence-corrected chi connectivity index (χ1v) is 11.3. The van der Waals surface area contributed by atoms with E-state index in [0.29, 0.717) is 12.8 Å². The molecule has 3 fully saturated rings. The van der Waals surface area contributed by atoms with Crippen LogP contribution in [-0.4, -0.2) is 100 Å². The Kier molecular flexibility index (Phi) is 8.70. The zero-order valence-corrected chi connectivity index (χ0v) is 18.5. The van der Waals surface area contributed by atoms with Crippen LogP contribution in [0.25, 0.3) is 0 Å². The summed E-state index contributed by atoms with van der Waals surface area (Å²) in [6.07, 6.45) is -6.81. The lowest BCUT2D eigenvalue weighted by Gasteiger charge is -2.47. The lowest BCUT2D eigenvalue weighted by Crippen LogP contribution is -2.58. The molecular formula is C21H39NO9. The molecule has 0 aromatic carbocycles. The molecule has 7 N–H and O–H groups in total. The third-order valence-corrected chi connectivity index (χ3v) is 6.88. The van der Waals surface area contributed by atoms with Crippen molar-refractivity contribution in [3.63, 3.8) is 0 Å². The van der Waals surface area contributed by atoms with Crippen LogP contribution in [0.3, 0.4) is 0 Å². The molecule has 0 aromatic rings. The van der Waals surface area contributed by atoms with Gasteiger partial charge in [0.15, 0.2) is 12.6 Å². The number of ether oxygens (including phenoxy) is 4. The summed E-state index contributed by atoms with van der Waals surface area (Å²) in [6.45, 7) is 5.64. The quantitative estimate of drug-likeness (QED) is 0.287. The van der Waals surface area contributed by atoms with E-state index < -0.39 is 68.0 Å². The van der Waals surface area contributed by atoms with E-state index in [1.54, 1.807) is 0 Å². The number of hydrogen-bond donors (Lipinski definition) is 6. The van der Waals surface area contributed by atoms with Gasteiger partial charge in [0.25, 0.3) is 0 Å². The zero-order chi connectivity index (χ0) is 22.9. The van der Waals surface area contributed by atoms with E-state index in [0.717, 1.165) is 0 Å². The van der Waals surface area contributed by atoms with Crippen molar-refractivity contribution < 1.29 is 44.5 Å². The second-order valence-electron chi connectivity index (χ2n) is 9.54. The van der Waals surface area contributed by atoms with Crippen LogP contribution in [0.5, 0.6) is 0 Å². The Morgan fingerprint density at radius 1 is 0.742 bits per heavy atom. The summed E-state index contributed by atoms with van der Waals surface area (Å²) in [7, 11) is 0. The minimum Gasteiger partial charge on any atom is -0.394 e. The van der Waals surface area contributed by atoms with Crippen molar-refractivity contribution in [1.82, 2.24) is 0 Å². The Balaban J connectivity index is 1.67. The fraction of sp³-hybridized carbons (Fsp3) is 1.00. The zero-order valence-electron chi connectivity index (χ0n) is 18.5. The molecular weight excluding hydrogens is 410 g/mol. The molecule has 0 bridgehead atoms. The van der Waals surface area contributed by atoms with Gasteiger partial charge in [0.2, 0.25) is 0 Å². The van der Waals surface area contributed by atoms with E-state index >= 15 is 0 Å². The van der Waals surface area contributed by atoms with Crippen molar-refractivity contribution in [2.75, 3.05) is 13.2 Å². The van der Waals surface area contributed by atoms with Gasteiger partial charge in [-0.3, -0.25) is 0 Å². The Labute approximate surface area is 183 Å². The van der Waals surface area contributed by atoms with Crippen molar-refractivity contribution in [1.29, 1.82) is 0 Å². The Hall–Kier alpha value is -0.400. The summed E-state index contributed by atoms with van der Waals surface area (Å²) in [6, 6.07) is 0. The average molecular weight is 450 g/mol. The Morgan fingerprint density at radius 3 is 1.87 bits per heavy atom. The predicted octanol–water partition coefficient (Wildman–Crippen LogP) is -1.31. The second-order valence-corrected chi connectivity index (χ2v) is 9.54. The van der Waals surface area contributed by atoms with Crippen LogP contribution in [0.2, 0.25) is 0 Å². The molecule has 0 aromatic heterocycles. The fourth-order valence-corrected chi connectivity index (χ4v) is 5.03. The minimum absolute atomic E-state index is 0.0135. The van der Waals surface area contributed by atoms with Gasteiger partial charge in [-0.05, 0) is 24.7 Å². The van der Waals surface area contributed by atoms with E-state index in [-0.39, 0.29) is 30.7 Å². The van der Waals surface area contributed by atoms with E-state index in [9.17, 15) is 25.5 Å². The number of nitrogens with two attached hydrogens (primary N) is 1. The smallest absolute Gasteiger partial charge is 0.184 e. The highest BCUT2D eigenvalue weighted by atomic mass is 16.7. The lowest BCUT2D eigenvalue weighted by atomic mass is 9.77. The van der Waals surface area contributed by atoms with E-state index in [4.69, 9.17) is 24.7 Å². The summed E-state index contributed by atoms with van der Waals surface area (Å²) < 4.78 is 23.6. The SMILES string of the molecule is CC1CC(O)C(CN)OC1OC1C(C)CC(C)C(OC2OC(CO)C(O)CC2O)C1O. The highest BCUT2D eigenvalue weighted by molar-refractivity contribution is 4.94. The molecule has 182 valence electrons. The van der Waals surface area contributed by atoms with Gasteiger partial charge < -0.3 is 50.2 Å². The number of rotatable bonds is 6. The Morgan fingerprint density at radius 2 is 1.29 bits per heavy atom. The third-order valence-electron chi connectivity index (χ3n) is 6.88. The van der Waals surface area contributed by atoms with Gasteiger partial charge in [-0.15, -0.1) is 0 Å². The van der Waals surface area contributed by atoms with Crippen molar-refractivity contribution in [3.8, 4) is 0 Å². The first kappa shape index (κ1) is 25.2. The Bertz CT molecular complexity index is 523. The van der Waals surface area contributed by atoms with Gasteiger partial charge in [0, 0.05) is 18.9 Å². The normalized spacial score (nSPS) is 51.6.